The number of carbonyl (C=O) groups excluding carboxylic acids is 2. The van der Waals surface area contributed by atoms with E-state index < -0.39 is 10.0 Å². The second kappa shape index (κ2) is 9.62. The largest absolute Gasteiger partial charge is 0.459 e. The third-order valence-corrected chi connectivity index (χ3v) is 7.90. The summed E-state index contributed by atoms with van der Waals surface area (Å²) < 4.78 is 32.2. The van der Waals surface area contributed by atoms with E-state index in [1.807, 2.05) is 4.90 Å². The van der Waals surface area contributed by atoms with Crippen LogP contribution in [0, 0.1) is 0 Å². The summed E-state index contributed by atoms with van der Waals surface area (Å²) in [6.45, 7) is 3.16. The smallest absolute Gasteiger partial charge is 0.289 e. The number of anilines is 1. The number of rotatable bonds is 6. The summed E-state index contributed by atoms with van der Waals surface area (Å²) in [7, 11) is -3.61. The molecule has 172 valence electrons. The SMILES string of the molecule is O=C(CN1CCN(C(=O)c2ccco2)CC1)Nc1cc(S(=O)(=O)N2CCCC2)ccc1Cl. The van der Waals surface area contributed by atoms with Crippen LogP contribution in [0.4, 0.5) is 5.69 Å². The van der Waals surface area contributed by atoms with E-state index in [4.69, 9.17) is 16.0 Å². The van der Waals surface area contributed by atoms with Gasteiger partial charge in [0.15, 0.2) is 5.76 Å². The highest BCUT2D eigenvalue weighted by Crippen LogP contribution is 2.28. The second-order valence-electron chi connectivity index (χ2n) is 7.85. The average molecular weight is 481 g/mol. The fraction of sp³-hybridized carbons (Fsp3) is 0.429. The molecule has 1 aromatic carbocycles. The molecule has 2 aromatic rings. The Bertz CT molecular complexity index is 1080. The van der Waals surface area contributed by atoms with Crippen molar-refractivity contribution >= 4 is 39.1 Å². The molecule has 2 aliphatic heterocycles. The van der Waals surface area contributed by atoms with E-state index >= 15 is 0 Å². The molecule has 0 spiro atoms. The van der Waals surface area contributed by atoms with Crippen molar-refractivity contribution in [3.8, 4) is 0 Å². The summed E-state index contributed by atoms with van der Waals surface area (Å²) in [5, 5.41) is 3.00. The topological polar surface area (TPSA) is 103 Å². The molecule has 3 heterocycles. The van der Waals surface area contributed by atoms with Crippen LogP contribution in [0.5, 0.6) is 0 Å². The van der Waals surface area contributed by atoms with Gasteiger partial charge in [0.05, 0.1) is 28.4 Å². The molecule has 0 radical (unpaired) electrons. The van der Waals surface area contributed by atoms with Gasteiger partial charge in [-0.15, -0.1) is 0 Å². The summed E-state index contributed by atoms with van der Waals surface area (Å²) in [4.78, 5) is 28.7. The van der Waals surface area contributed by atoms with Gasteiger partial charge in [-0.1, -0.05) is 11.6 Å². The predicted molar refractivity (Wildman–Crippen MR) is 119 cm³/mol. The molecule has 4 rings (SSSR count). The van der Waals surface area contributed by atoms with Gasteiger partial charge >= 0.3 is 0 Å². The van der Waals surface area contributed by atoms with Gasteiger partial charge in [0.1, 0.15) is 0 Å². The Hall–Kier alpha value is -2.40. The molecule has 11 heteroatoms. The Morgan fingerprint density at radius 2 is 1.75 bits per heavy atom. The number of nitrogens with zero attached hydrogens (tertiary/aromatic N) is 3. The predicted octanol–water partition coefficient (Wildman–Crippen LogP) is 2.11. The summed E-state index contributed by atoms with van der Waals surface area (Å²) in [5.41, 5.74) is 0.267. The van der Waals surface area contributed by atoms with Gasteiger partial charge in [0.2, 0.25) is 15.9 Å². The van der Waals surface area contributed by atoms with Gasteiger partial charge in [-0.3, -0.25) is 14.5 Å². The van der Waals surface area contributed by atoms with E-state index in [9.17, 15) is 18.0 Å². The number of nitrogens with one attached hydrogen (secondary N) is 1. The Balaban J connectivity index is 1.34. The van der Waals surface area contributed by atoms with E-state index in [1.54, 1.807) is 17.0 Å². The monoisotopic (exact) mass is 480 g/mol. The molecular weight excluding hydrogens is 456 g/mol. The van der Waals surface area contributed by atoms with Crippen LogP contribution in [0.25, 0.3) is 0 Å². The summed E-state index contributed by atoms with van der Waals surface area (Å²) >= 11 is 6.21. The van der Waals surface area contributed by atoms with Crippen LogP contribution in [-0.2, 0) is 14.8 Å². The maximum absolute atomic E-state index is 12.8. The summed E-state index contributed by atoms with van der Waals surface area (Å²) in [6, 6.07) is 7.65. The number of hydrogen-bond donors (Lipinski definition) is 1. The van der Waals surface area contributed by atoms with Crippen LogP contribution >= 0.6 is 11.6 Å². The molecule has 32 heavy (non-hydrogen) atoms. The first-order chi connectivity index (χ1) is 15.3. The zero-order valence-electron chi connectivity index (χ0n) is 17.5. The van der Waals surface area contributed by atoms with Gasteiger partial charge in [0.25, 0.3) is 5.91 Å². The molecule has 0 saturated carbocycles. The molecule has 0 bridgehead atoms. The van der Waals surface area contributed by atoms with E-state index in [0.717, 1.165) is 12.8 Å². The van der Waals surface area contributed by atoms with Crippen molar-refractivity contribution in [2.24, 2.45) is 0 Å². The van der Waals surface area contributed by atoms with E-state index in [1.165, 1.54) is 28.8 Å². The molecule has 0 atom stereocenters. The summed E-state index contributed by atoms with van der Waals surface area (Å²) in [5.74, 6) is -0.162. The van der Waals surface area contributed by atoms with E-state index in [-0.39, 0.29) is 34.0 Å². The molecule has 0 aliphatic carbocycles. The number of benzene rings is 1. The van der Waals surface area contributed by atoms with Gasteiger partial charge in [-0.2, -0.15) is 4.31 Å². The normalized spacial score (nSPS) is 18.1. The Kier molecular flexibility index (Phi) is 6.85. The Morgan fingerprint density at radius 3 is 2.41 bits per heavy atom. The molecule has 2 amide bonds. The lowest BCUT2D eigenvalue weighted by Crippen LogP contribution is -2.50. The van der Waals surface area contributed by atoms with Crippen molar-refractivity contribution in [1.29, 1.82) is 0 Å². The standard InChI is InChI=1S/C21H25ClN4O5S/c22-17-6-5-16(32(29,30)26-7-1-2-8-26)14-18(17)23-20(27)15-24-9-11-25(12-10-24)21(28)19-4-3-13-31-19/h3-6,13-14H,1-2,7-12,15H2,(H,23,27). The van der Waals surface area contributed by atoms with Crippen molar-refractivity contribution in [2.45, 2.75) is 17.7 Å². The summed E-state index contributed by atoms with van der Waals surface area (Å²) in [6.07, 6.45) is 3.15. The number of furan rings is 1. The first-order valence-electron chi connectivity index (χ1n) is 10.5. The molecule has 9 nitrogen and oxygen atoms in total. The van der Waals surface area contributed by atoms with E-state index in [0.29, 0.717) is 45.0 Å². The van der Waals surface area contributed by atoms with Gasteiger partial charge in [0, 0.05) is 39.3 Å². The fourth-order valence-corrected chi connectivity index (χ4v) is 5.60. The van der Waals surface area contributed by atoms with Crippen molar-refractivity contribution in [3.63, 3.8) is 0 Å². The number of amides is 2. The first kappa shape index (κ1) is 22.8. The molecule has 1 N–H and O–H groups in total. The average Bonchev–Trinajstić information content (AvgIpc) is 3.50. The maximum Gasteiger partial charge on any atom is 0.289 e. The van der Waals surface area contributed by atoms with Crippen LogP contribution < -0.4 is 5.32 Å². The fourth-order valence-electron chi connectivity index (χ4n) is 3.90. The number of sulfonamides is 1. The first-order valence-corrected chi connectivity index (χ1v) is 12.3. The van der Waals surface area contributed by atoms with Crippen molar-refractivity contribution in [2.75, 3.05) is 51.1 Å². The minimum Gasteiger partial charge on any atom is -0.459 e. The van der Waals surface area contributed by atoms with Gasteiger partial charge < -0.3 is 14.6 Å². The molecule has 2 fully saturated rings. The van der Waals surface area contributed by atoms with Gasteiger partial charge in [-0.25, -0.2) is 8.42 Å². The van der Waals surface area contributed by atoms with Crippen molar-refractivity contribution in [3.05, 3.63) is 47.4 Å². The minimum absolute atomic E-state index is 0.113. The Morgan fingerprint density at radius 1 is 1.03 bits per heavy atom. The lowest BCUT2D eigenvalue weighted by atomic mass is 10.2. The van der Waals surface area contributed by atoms with Crippen LogP contribution in [-0.4, -0.2) is 80.2 Å². The lowest BCUT2D eigenvalue weighted by Gasteiger charge is -2.33. The highest BCUT2D eigenvalue weighted by atomic mass is 35.5. The maximum atomic E-state index is 12.8. The van der Waals surface area contributed by atoms with E-state index in [2.05, 4.69) is 5.32 Å². The number of piperazine rings is 1. The molecule has 2 aliphatic rings. The van der Waals surface area contributed by atoms with Gasteiger partial charge in [-0.05, 0) is 43.2 Å². The molecule has 2 saturated heterocycles. The van der Waals surface area contributed by atoms with Crippen LogP contribution in [0.3, 0.4) is 0 Å². The third-order valence-electron chi connectivity index (χ3n) is 5.67. The van der Waals surface area contributed by atoms with Crippen molar-refractivity contribution < 1.29 is 22.4 Å². The lowest BCUT2D eigenvalue weighted by molar-refractivity contribution is -0.117. The zero-order chi connectivity index (χ0) is 22.7. The highest BCUT2D eigenvalue weighted by Gasteiger charge is 2.28. The Labute approximate surface area is 192 Å². The van der Waals surface area contributed by atoms with Crippen molar-refractivity contribution in [1.82, 2.24) is 14.1 Å². The number of hydrogen-bond acceptors (Lipinski definition) is 6. The molecular formula is C21H25ClN4O5S. The van der Waals surface area contributed by atoms with Crippen LogP contribution in [0.1, 0.15) is 23.4 Å². The highest BCUT2D eigenvalue weighted by molar-refractivity contribution is 7.89. The second-order valence-corrected chi connectivity index (χ2v) is 10.2. The quantitative estimate of drug-likeness (QED) is 0.679. The minimum atomic E-state index is -3.61. The molecule has 1 aromatic heterocycles. The third kappa shape index (κ3) is 4.98. The number of halogens is 1. The van der Waals surface area contributed by atoms with Crippen LogP contribution in [0.15, 0.2) is 45.9 Å². The number of carbonyl (C=O) groups is 2. The van der Waals surface area contributed by atoms with Crippen LogP contribution in [0.2, 0.25) is 5.02 Å². The zero-order valence-corrected chi connectivity index (χ0v) is 19.1. The molecule has 0 unspecified atom stereocenters.